The second kappa shape index (κ2) is 12.1. The molecule has 2 aliphatic carbocycles. The molecular weight excluding hydrogens is 639 g/mol. The fourth-order valence-corrected chi connectivity index (χ4v) is 9.69. The zero-order valence-electron chi connectivity index (χ0n) is 29.4. The number of fused-ring (bicyclic) bond motifs is 7. The van der Waals surface area contributed by atoms with Crippen molar-refractivity contribution in [3.63, 3.8) is 0 Å². The topological polar surface area (TPSA) is 4.93 Å². The Morgan fingerprint density at radius 3 is 1.91 bits per heavy atom. The van der Waals surface area contributed by atoms with Crippen LogP contribution >= 0.6 is 0 Å². The first-order chi connectivity index (χ1) is 26.3. The maximum Gasteiger partial charge on any atom is 0.0541 e. The summed E-state index contributed by atoms with van der Waals surface area (Å²) in [6.45, 7) is 0. The average Bonchev–Trinajstić information content (AvgIpc) is 3.89. The summed E-state index contributed by atoms with van der Waals surface area (Å²) in [6.07, 6.45) is 1.05. The molecule has 1 nitrogen and oxygen atoms in total. The van der Waals surface area contributed by atoms with Crippen molar-refractivity contribution in [2.45, 2.75) is 24.2 Å². The molecule has 2 aliphatic rings. The molecule has 3 atom stereocenters. The second-order valence-electron chi connectivity index (χ2n) is 14.8. The van der Waals surface area contributed by atoms with Gasteiger partial charge in [0.1, 0.15) is 0 Å². The summed E-state index contributed by atoms with van der Waals surface area (Å²) in [6, 6.07) is 72.4. The van der Waals surface area contributed by atoms with Crippen LogP contribution in [0.15, 0.2) is 194 Å². The van der Waals surface area contributed by atoms with Crippen LogP contribution in [0.25, 0.3) is 49.7 Å². The van der Waals surface area contributed by atoms with Crippen molar-refractivity contribution < 1.29 is 0 Å². The Hall–Kier alpha value is -6.44. The number of rotatable bonds is 5. The van der Waals surface area contributed by atoms with E-state index in [1.165, 1.54) is 88.7 Å². The highest BCUT2D eigenvalue weighted by atomic mass is 15.0. The van der Waals surface area contributed by atoms with E-state index in [2.05, 4.69) is 199 Å². The molecule has 8 aromatic carbocycles. The van der Waals surface area contributed by atoms with E-state index in [1.54, 1.807) is 0 Å². The smallest absolute Gasteiger partial charge is 0.0541 e. The monoisotopic (exact) mass is 675 g/mol. The fraction of sp³-hybridized carbons (Fsp3) is 0.0769. The Kier molecular flexibility index (Phi) is 6.88. The largest absolute Gasteiger partial charge is 0.309 e. The Morgan fingerprint density at radius 2 is 1.04 bits per heavy atom. The van der Waals surface area contributed by atoms with Crippen LogP contribution in [0, 0.1) is 0 Å². The highest BCUT2D eigenvalue weighted by molar-refractivity contribution is 6.10. The first-order valence-electron chi connectivity index (χ1n) is 18.8. The van der Waals surface area contributed by atoms with Gasteiger partial charge >= 0.3 is 0 Å². The van der Waals surface area contributed by atoms with Gasteiger partial charge in [0.05, 0.1) is 11.0 Å². The van der Waals surface area contributed by atoms with Gasteiger partial charge in [-0.3, -0.25) is 0 Å². The van der Waals surface area contributed by atoms with Crippen molar-refractivity contribution in [1.29, 1.82) is 0 Å². The molecule has 0 saturated carbocycles. The van der Waals surface area contributed by atoms with Crippen LogP contribution in [0.5, 0.6) is 0 Å². The van der Waals surface area contributed by atoms with Gasteiger partial charge in [-0.2, -0.15) is 0 Å². The maximum atomic E-state index is 2.47. The minimum atomic E-state index is 0.258. The third kappa shape index (κ3) is 4.77. The fourth-order valence-electron chi connectivity index (χ4n) is 9.69. The summed E-state index contributed by atoms with van der Waals surface area (Å²) < 4.78 is 2.47. The highest BCUT2D eigenvalue weighted by Gasteiger charge is 2.35. The first kappa shape index (κ1) is 30.2. The van der Waals surface area contributed by atoms with E-state index in [4.69, 9.17) is 0 Å². The SMILES string of the molecule is c1ccc(C2c3ccccc3-c3cc(-c4ccc5c(c4)c4ccccc4n5-c4cccc(C5Cc6ccccc6C5c5ccccc5)c4)ccc32)cc1. The third-order valence-corrected chi connectivity index (χ3v) is 12.0. The summed E-state index contributed by atoms with van der Waals surface area (Å²) in [5.41, 5.74) is 18.7. The molecule has 53 heavy (non-hydrogen) atoms. The quantitative estimate of drug-likeness (QED) is 0.171. The summed E-state index contributed by atoms with van der Waals surface area (Å²) >= 11 is 0. The Bertz CT molecular complexity index is 2820. The van der Waals surface area contributed by atoms with Gasteiger partial charge in [-0.1, -0.05) is 158 Å². The molecular formula is C52H37N. The van der Waals surface area contributed by atoms with Gasteiger partial charge < -0.3 is 4.57 Å². The second-order valence-corrected chi connectivity index (χ2v) is 14.8. The van der Waals surface area contributed by atoms with E-state index >= 15 is 0 Å². The molecule has 0 fully saturated rings. The van der Waals surface area contributed by atoms with E-state index in [9.17, 15) is 0 Å². The summed E-state index contributed by atoms with van der Waals surface area (Å²) in [7, 11) is 0. The number of para-hydroxylation sites is 1. The van der Waals surface area contributed by atoms with Crippen molar-refractivity contribution in [3.05, 3.63) is 233 Å². The Labute approximate surface area is 310 Å². The summed E-state index contributed by atoms with van der Waals surface area (Å²) in [5, 5.41) is 2.56. The predicted molar refractivity (Wildman–Crippen MR) is 220 cm³/mol. The van der Waals surface area contributed by atoms with Gasteiger partial charge in [-0.15, -0.1) is 0 Å². The van der Waals surface area contributed by atoms with Crippen LogP contribution in [0.3, 0.4) is 0 Å². The molecule has 1 aromatic heterocycles. The van der Waals surface area contributed by atoms with Crippen LogP contribution in [0.4, 0.5) is 0 Å². The lowest BCUT2D eigenvalue weighted by Gasteiger charge is -2.22. The van der Waals surface area contributed by atoms with Gasteiger partial charge in [0, 0.05) is 28.3 Å². The number of aromatic nitrogens is 1. The lowest BCUT2D eigenvalue weighted by molar-refractivity contribution is 0.656. The molecule has 1 heteroatoms. The molecule has 0 N–H and O–H groups in total. The molecule has 11 rings (SSSR count). The van der Waals surface area contributed by atoms with Crippen LogP contribution < -0.4 is 0 Å². The highest BCUT2D eigenvalue weighted by Crippen LogP contribution is 2.50. The Morgan fingerprint density at radius 1 is 0.396 bits per heavy atom. The van der Waals surface area contributed by atoms with E-state index in [1.807, 2.05) is 0 Å². The average molecular weight is 676 g/mol. The van der Waals surface area contributed by atoms with Crippen LogP contribution in [0.2, 0.25) is 0 Å². The maximum absolute atomic E-state index is 2.47. The van der Waals surface area contributed by atoms with Gasteiger partial charge in [0.25, 0.3) is 0 Å². The molecule has 1 heterocycles. The molecule has 0 bridgehead atoms. The van der Waals surface area contributed by atoms with Crippen LogP contribution in [0.1, 0.15) is 56.7 Å². The lowest BCUT2D eigenvalue weighted by atomic mass is 9.82. The van der Waals surface area contributed by atoms with Crippen molar-refractivity contribution in [1.82, 2.24) is 4.57 Å². The minimum Gasteiger partial charge on any atom is -0.309 e. The lowest BCUT2D eigenvalue weighted by Crippen LogP contribution is -2.08. The molecule has 3 unspecified atom stereocenters. The van der Waals surface area contributed by atoms with Crippen LogP contribution in [-0.4, -0.2) is 4.57 Å². The van der Waals surface area contributed by atoms with Gasteiger partial charge in [0.2, 0.25) is 0 Å². The molecule has 0 aliphatic heterocycles. The van der Waals surface area contributed by atoms with E-state index in [0.717, 1.165) is 6.42 Å². The number of hydrogen-bond donors (Lipinski definition) is 0. The summed E-state index contributed by atoms with van der Waals surface area (Å²) in [4.78, 5) is 0. The molecule has 9 aromatic rings. The predicted octanol–water partition coefficient (Wildman–Crippen LogP) is 13.1. The Balaban J connectivity index is 1.02. The number of nitrogens with zero attached hydrogens (tertiary/aromatic N) is 1. The number of benzene rings is 8. The van der Waals surface area contributed by atoms with E-state index in [-0.39, 0.29) is 5.92 Å². The minimum absolute atomic E-state index is 0.258. The third-order valence-electron chi connectivity index (χ3n) is 12.0. The number of hydrogen-bond acceptors (Lipinski definition) is 0. The van der Waals surface area contributed by atoms with E-state index < -0.39 is 0 Å². The first-order valence-corrected chi connectivity index (χ1v) is 18.8. The molecule has 250 valence electrons. The van der Waals surface area contributed by atoms with Gasteiger partial charge in [0.15, 0.2) is 0 Å². The standard InChI is InChI=1S/C52H37N/c1-3-14-34(15-4-1)51-41-21-8-7-18-39(41)33-46(51)38-19-13-20-40(30-38)53-49-25-12-11-23-43(49)48-32-37(27-29-50(48)53)36-26-28-45-47(31-36)42-22-9-10-24-44(42)52(45)35-16-5-2-6-17-35/h1-32,46,51-52H,33H2. The van der Waals surface area contributed by atoms with Crippen molar-refractivity contribution in [2.24, 2.45) is 0 Å². The van der Waals surface area contributed by atoms with Gasteiger partial charge in [-0.05, 0) is 110 Å². The molecule has 0 amide bonds. The zero-order valence-corrected chi connectivity index (χ0v) is 29.4. The van der Waals surface area contributed by atoms with Crippen LogP contribution in [-0.2, 0) is 6.42 Å². The zero-order chi connectivity index (χ0) is 34.9. The van der Waals surface area contributed by atoms with Crippen molar-refractivity contribution in [2.75, 3.05) is 0 Å². The van der Waals surface area contributed by atoms with Crippen molar-refractivity contribution >= 4 is 21.8 Å². The summed E-state index contributed by atoms with van der Waals surface area (Å²) in [5.74, 6) is 0.973. The van der Waals surface area contributed by atoms with Gasteiger partial charge in [-0.25, -0.2) is 0 Å². The molecule has 0 saturated heterocycles. The molecule has 0 spiro atoms. The normalized spacial score (nSPS) is 17.2. The van der Waals surface area contributed by atoms with Crippen molar-refractivity contribution in [3.8, 4) is 27.9 Å². The molecule has 0 radical (unpaired) electrons. The van der Waals surface area contributed by atoms with E-state index in [0.29, 0.717) is 11.8 Å².